The number of nitrogens with zero attached hydrogens (tertiary/aromatic N) is 2. The molecule has 2 atom stereocenters. The van der Waals surface area contributed by atoms with Crippen molar-refractivity contribution in [3.8, 4) is 10.8 Å². The molecule has 104 valence electrons. The van der Waals surface area contributed by atoms with Gasteiger partial charge in [0.2, 0.25) is 5.89 Å². The van der Waals surface area contributed by atoms with Crippen LogP contribution < -0.4 is 5.32 Å². The third kappa shape index (κ3) is 2.66. The van der Waals surface area contributed by atoms with Crippen LogP contribution in [0.4, 0.5) is 0 Å². The van der Waals surface area contributed by atoms with Gasteiger partial charge < -0.3 is 8.83 Å². The maximum atomic E-state index is 5.70. The van der Waals surface area contributed by atoms with Crippen molar-refractivity contribution in [2.45, 2.75) is 25.9 Å². The number of hydrogen-bond acceptors (Lipinski definition) is 6. The van der Waals surface area contributed by atoms with Gasteiger partial charge in [0.1, 0.15) is 5.76 Å². The van der Waals surface area contributed by atoms with Crippen LogP contribution >= 0.6 is 11.3 Å². The van der Waals surface area contributed by atoms with Crippen LogP contribution in [0.25, 0.3) is 10.8 Å². The monoisotopic (exact) mass is 289 g/mol. The van der Waals surface area contributed by atoms with Gasteiger partial charge in [-0.3, -0.25) is 5.32 Å². The van der Waals surface area contributed by atoms with E-state index in [1.807, 2.05) is 43.5 Å². The number of thiophene rings is 1. The van der Waals surface area contributed by atoms with E-state index in [0.29, 0.717) is 11.8 Å². The Morgan fingerprint density at radius 2 is 2.05 bits per heavy atom. The quantitative estimate of drug-likeness (QED) is 0.774. The molecule has 3 aromatic rings. The number of furan rings is 1. The molecular weight excluding hydrogens is 274 g/mol. The molecule has 0 fully saturated rings. The molecule has 0 saturated carbocycles. The van der Waals surface area contributed by atoms with Crippen LogP contribution in [0.1, 0.15) is 37.6 Å². The fourth-order valence-electron chi connectivity index (χ4n) is 1.98. The average Bonchev–Trinajstić information content (AvgIpc) is 3.19. The normalized spacial score (nSPS) is 14.3. The Morgan fingerprint density at radius 3 is 2.75 bits per heavy atom. The van der Waals surface area contributed by atoms with Crippen LogP contribution in [-0.4, -0.2) is 10.2 Å². The Bertz CT molecular complexity index is 646. The summed E-state index contributed by atoms with van der Waals surface area (Å²) in [5.41, 5.74) is 0. The maximum absolute atomic E-state index is 5.70. The van der Waals surface area contributed by atoms with Gasteiger partial charge in [0.05, 0.1) is 23.2 Å². The van der Waals surface area contributed by atoms with E-state index in [9.17, 15) is 0 Å². The van der Waals surface area contributed by atoms with Gasteiger partial charge in [0, 0.05) is 0 Å². The molecule has 3 heterocycles. The van der Waals surface area contributed by atoms with Crippen LogP contribution in [0, 0.1) is 0 Å². The average molecular weight is 289 g/mol. The fourth-order valence-corrected chi connectivity index (χ4v) is 2.62. The Balaban J connectivity index is 1.70. The number of hydrogen-bond donors (Lipinski definition) is 1. The highest BCUT2D eigenvalue weighted by atomic mass is 32.1. The number of aromatic nitrogens is 2. The molecule has 3 rings (SSSR count). The van der Waals surface area contributed by atoms with E-state index in [1.54, 1.807) is 17.6 Å². The molecule has 0 saturated heterocycles. The molecule has 0 unspecified atom stereocenters. The summed E-state index contributed by atoms with van der Waals surface area (Å²) in [4.78, 5) is 0.982. The topological polar surface area (TPSA) is 64.1 Å². The molecule has 0 aliphatic heterocycles. The lowest BCUT2D eigenvalue weighted by Gasteiger charge is -2.15. The smallest absolute Gasteiger partial charge is 0.257 e. The second-order valence-corrected chi connectivity index (χ2v) is 5.50. The highest BCUT2D eigenvalue weighted by Crippen LogP contribution is 2.25. The zero-order valence-electron chi connectivity index (χ0n) is 11.2. The van der Waals surface area contributed by atoms with Gasteiger partial charge >= 0.3 is 0 Å². The van der Waals surface area contributed by atoms with Crippen molar-refractivity contribution < 1.29 is 8.83 Å². The predicted molar refractivity (Wildman–Crippen MR) is 76.3 cm³/mol. The second-order valence-electron chi connectivity index (χ2n) is 4.55. The van der Waals surface area contributed by atoms with E-state index in [2.05, 4.69) is 15.5 Å². The van der Waals surface area contributed by atoms with Crippen molar-refractivity contribution in [1.82, 2.24) is 15.5 Å². The van der Waals surface area contributed by atoms with Gasteiger partial charge in [0.25, 0.3) is 5.89 Å². The summed E-state index contributed by atoms with van der Waals surface area (Å²) in [7, 11) is 0. The van der Waals surface area contributed by atoms with Gasteiger partial charge in [-0.05, 0) is 37.4 Å². The minimum absolute atomic E-state index is 0.0451. The standard InChI is InChI=1S/C14H15N3O2S/c1-9(11-5-3-7-18-11)15-10(2)13-16-17-14(19-13)12-6-4-8-20-12/h3-10,15H,1-2H3/t9-,10-/m0/s1. The molecule has 0 aromatic carbocycles. The summed E-state index contributed by atoms with van der Waals surface area (Å²) in [6.07, 6.45) is 1.67. The van der Waals surface area contributed by atoms with Gasteiger partial charge in [0.15, 0.2) is 0 Å². The molecule has 6 heteroatoms. The maximum Gasteiger partial charge on any atom is 0.257 e. The Labute approximate surface area is 120 Å². The first-order valence-corrected chi connectivity index (χ1v) is 7.28. The van der Waals surface area contributed by atoms with Gasteiger partial charge in [-0.25, -0.2) is 0 Å². The molecular formula is C14H15N3O2S. The summed E-state index contributed by atoms with van der Waals surface area (Å²) in [5, 5.41) is 13.5. The lowest BCUT2D eigenvalue weighted by atomic mass is 10.2. The molecule has 0 spiro atoms. The van der Waals surface area contributed by atoms with Crippen molar-refractivity contribution >= 4 is 11.3 Å². The van der Waals surface area contributed by atoms with E-state index < -0.39 is 0 Å². The molecule has 20 heavy (non-hydrogen) atoms. The highest BCUT2D eigenvalue weighted by Gasteiger charge is 2.18. The first kappa shape index (κ1) is 13.1. The molecule has 1 N–H and O–H groups in total. The SMILES string of the molecule is C[C@H](N[C@@H](C)c1nnc(-c2cccs2)o1)c1ccco1. The number of rotatable bonds is 5. The van der Waals surface area contributed by atoms with Gasteiger partial charge in [-0.2, -0.15) is 0 Å². The summed E-state index contributed by atoms with van der Waals surface area (Å²) in [6, 6.07) is 7.78. The Hall–Kier alpha value is -1.92. The molecule has 0 bridgehead atoms. The van der Waals surface area contributed by atoms with Gasteiger partial charge in [-0.15, -0.1) is 21.5 Å². The van der Waals surface area contributed by atoms with E-state index in [-0.39, 0.29) is 12.1 Å². The fraction of sp³-hybridized carbons (Fsp3) is 0.286. The lowest BCUT2D eigenvalue weighted by Crippen LogP contribution is -2.22. The minimum atomic E-state index is -0.0451. The van der Waals surface area contributed by atoms with Crippen LogP contribution in [0.3, 0.4) is 0 Å². The molecule has 0 aliphatic carbocycles. The Kier molecular flexibility index (Phi) is 3.66. The highest BCUT2D eigenvalue weighted by molar-refractivity contribution is 7.13. The zero-order chi connectivity index (χ0) is 13.9. The van der Waals surface area contributed by atoms with E-state index in [4.69, 9.17) is 8.83 Å². The lowest BCUT2D eigenvalue weighted by molar-refractivity contribution is 0.361. The summed E-state index contributed by atoms with van der Waals surface area (Å²) >= 11 is 1.58. The molecule has 0 aliphatic rings. The van der Waals surface area contributed by atoms with Crippen molar-refractivity contribution in [2.75, 3.05) is 0 Å². The van der Waals surface area contributed by atoms with E-state index in [1.165, 1.54) is 0 Å². The van der Waals surface area contributed by atoms with Crippen LogP contribution in [-0.2, 0) is 0 Å². The van der Waals surface area contributed by atoms with E-state index >= 15 is 0 Å². The summed E-state index contributed by atoms with van der Waals surface area (Å²) in [5.74, 6) is 2.02. The van der Waals surface area contributed by atoms with Crippen molar-refractivity contribution in [2.24, 2.45) is 0 Å². The second kappa shape index (κ2) is 5.60. The molecule has 0 amide bonds. The molecule has 3 aromatic heterocycles. The summed E-state index contributed by atoms with van der Waals surface area (Å²) < 4.78 is 11.1. The van der Waals surface area contributed by atoms with Crippen LogP contribution in [0.5, 0.6) is 0 Å². The first-order valence-electron chi connectivity index (χ1n) is 6.41. The minimum Gasteiger partial charge on any atom is -0.468 e. The number of nitrogens with one attached hydrogen (secondary N) is 1. The van der Waals surface area contributed by atoms with Crippen molar-refractivity contribution in [3.63, 3.8) is 0 Å². The third-order valence-corrected chi connectivity index (χ3v) is 3.87. The largest absolute Gasteiger partial charge is 0.468 e. The first-order chi connectivity index (χ1) is 9.74. The van der Waals surface area contributed by atoms with Crippen LogP contribution in [0.2, 0.25) is 0 Å². The summed E-state index contributed by atoms with van der Waals surface area (Å²) in [6.45, 7) is 4.02. The molecule has 5 nitrogen and oxygen atoms in total. The molecule has 0 radical (unpaired) electrons. The third-order valence-electron chi connectivity index (χ3n) is 3.01. The van der Waals surface area contributed by atoms with Gasteiger partial charge in [-0.1, -0.05) is 6.07 Å². The van der Waals surface area contributed by atoms with Crippen molar-refractivity contribution in [1.29, 1.82) is 0 Å². The van der Waals surface area contributed by atoms with Crippen LogP contribution in [0.15, 0.2) is 44.7 Å². The zero-order valence-corrected chi connectivity index (χ0v) is 12.1. The van der Waals surface area contributed by atoms with E-state index in [0.717, 1.165) is 10.6 Å². The predicted octanol–water partition coefficient (Wildman–Crippen LogP) is 3.80. The van der Waals surface area contributed by atoms with Crippen molar-refractivity contribution in [3.05, 3.63) is 47.6 Å². The Morgan fingerprint density at radius 1 is 1.15 bits per heavy atom.